The molecule has 0 saturated carbocycles. The first-order valence-corrected chi connectivity index (χ1v) is 10.9. The normalized spacial score (nSPS) is 13.2. The molecular formula is C16H31N3O3Si. The molecule has 1 rings (SSSR count). The summed E-state index contributed by atoms with van der Waals surface area (Å²) in [5, 5.41) is 16.6. The zero-order valence-corrected chi connectivity index (χ0v) is 16.6. The molecule has 0 aromatic carbocycles. The Morgan fingerprint density at radius 2 is 1.87 bits per heavy atom. The molecule has 0 aliphatic rings. The molecule has 132 valence electrons. The molecule has 1 amide bonds. The van der Waals surface area contributed by atoms with Crippen molar-refractivity contribution in [2.24, 2.45) is 0 Å². The molecule has 1 heterocycles. The van der Waals surface area contributed by atoms with Gasteiger partial charge in [-0.2, -0.15) is 5.10 Å². The first kappa shape index (κ1) is 19.7. The second-order valence-electron chi connectivity index (χ2n) is 8.43. The van der Waals surface area contributed by atoms with Crippen molar-refractivity contribution in [3.05, 3.63) is 11.8 Å². The molecule has 6 nitrogen and oxygen atoms in total. The van der Waals surface area contributed by atoms with E-state index in [1.807, 2.05) is 20.8 Å². The van der Waals surface area contributed by atoms with E-state index in [0.717, 1.165) is 5.69 Å². The number of hydrogen-bond acceptors (Lipinski definition) is 3. The standard InChI is InChI=1S/C16H31N3O3Si/c1-15(2,3)12-11-13(18-17-12)19(14(20)21)9-10-22-23(7,8)16(4,5)6/h11H,9-10H2,1-8H3,(H,17,18)(H,20,21). The van der Waals surface area contributed by atoms with Crippen molar-refractivity contribution in [1.82, 2.24) is 10.2 Å². The maximum atomic E-state index is 11.5. The monoisotopic (exact) mass is 341 g/mol. The Balaban J connectivity index is 2.78. The Kier molecular flexibility index (Phi) is 5.69. The van der Waals surface area contributed by atoms with E-state index < -0.39 is 14.4 Å². The molecule has 23 heavy (non-hydrogen) atoms. The summed E-state index contributed by atoms with van der Waals surface area (Å²) < 4.78 is 6.07. The lowest BCUT2D eigenvalue weighted by atomic mass is 9.92. The van der Waals surface area contributed by atoms with E-state index in [0.29, 0.717) is 12.4 Å². The number of anilines is 1. The molecule has 0 bridgehead atoms. The summed E-state index contributed by atoms with van der Waals surface area (Å²) in [5.41, 5.74) is 0.709. The molecule has 7 heteroatoms. The van der Waals surface area contributed by atoms with Gasteiger partial charge in [-0.15, -0.1) is 0 Å². The lowest BCUT2D eigenvalue weighted by Crippen LogP contribution is -2.43. The maximum absolute atomic E-state index is 11.5. The second-order valence-corrected chi connectivity index (χ2v) is 13.2. The molecule has 0 saturated heterocycles. The highest BCUT2D eigenvalue weighted by molar-refractivity contribution is 6.74. The number of carboxylic acid groups (broad SMARTS) is 1. The zero-order valence-electron chi connectivity index (χ0n) is 15.6. The van der Waals surface area contributed by atoms with Gasteiger partial charge >= 0.3 is 6.09 Å². The lowest BCUT2D eigenvalue weighted by molar-refractivity contribution is 0.198. The minimum atomic E-state index is -1.88. The Morgan fingerprint density at radius 1 is 1.30 bits per heavy atom. The van der Waals surface area contributed by atoms with E-state index in [-0.39, 0.29) is 17.0 Å². The van der Waals surface area contributed by atoms with Gasteiger partial charge in [0, 0.05) is 11.5 Å². The van der Waals surface area contributed by atoms with Crippen molar-refractivity contribution in [2.75, 3.05) is 18.1 Å². The number of carbonyl (C=O) groups is 1. The molecule has 2 N–H and O–H groups in total. The van der Waals surface area contributed by atoms with Crippen LogP contribution in [0.4, 0.5) is 10.6 Å². The fourth-order valence-electron chi connectivity index (χ4n) is 1.76. The molecule has 0 unspecified atom stereocenters. The van der Waals surface area contributed by atoms with Gasteiger partial charge in [0.05, 0.1) is 18.8 Å². The van der Waals surface area contributed by atoms with Gasteiger partial charge in [0.1, 0.15) is 5.82 Å². The largest absolute Gasteiger partial charge is 0.465 e. The molecule has 0 aliphatic heterocycles. The summed E-state index contributed by atoms with van der Waals surface area (Å²) in [6.07, 6.45) is -1.01. The minimum Gasteiger partial charge on any atom is -0.465 e. The lowest BCUT2D eigenvalue weighted by Gasteiger charge is -2.36. The van der Waals surface area contributed by atoms with Crippen LogP contribution in [0.1, 0.15) is 47.2 Å². The van der Waals surface area contributed by atoms with Crippen LogP contribution >= 0.6 is 0 Å². The summed E-state index contributed by atoms with van der Waals surface area (Å²) in [6, 6.07) is 1.79. The Morgan fingerprint density at radius 3 is 2.26 bits per heavy atom. The van der Waals surface area contributed by atoms with E-state index in [2.05, 4.69) is 44.1 Å². The Hall–Kier alpha value is -1.34. The van der Waals surface area contributed by atoms with E-state index in [4.69, 9.17) is 4.43 Å². The first-order valence-electron chi connectivity index (χ1n) is 7.96. The number of nitrogens with one attached hydrogen (secondary N) is 1. The highest BCUT2D eigenvalue weighted by Crippen LogP contribution is 2.36. The van der Waals surface area contributed by atoms with Crippen LogP contribution in [-0.2, 0) is 9.84 Å². The predicted molar refractivity (Wildman–Crippen MR) is 95.8 cm³/mol. The van der Waals surface area contributed by atoms with Gasteiger partial charge in [-0.05, 0) is 18.1 Å². The smallest absolute Gasteiger partial charge is 0.413 e. The summed E-state index contributed by atoms with van der Waals surface area (Å²) in [7, 11) is -1.88. The number of nitrogens with zero attached hydrogens (tertiary/aromatic N) is 2. The van der Waals surface area contributed by atoms with Crippen molar-refractivity contribution in [1.29, 1.82) is 0 Å². The third kappa shape index (κ3) is 5.07. The van der Waals surface area contributed by atoms with Gasteiger partial charge in [0.15, 0.2) is 8.32 Å². The predicted octanol–water partition coefficient (Wildman–Crippen LogP) is 4.21. The van der Waals surface area contributed by atoms with Gasteiger partial charge in [0.25, 0.3) is 0 Å². The topological polar surface area (TPSA) is 78.5 Å². The second kappa shape index (κ2) is 6.65. The number of rotatable bonds is 5. The van der Waals surface area contributed by atoms with Crippen molar-refractivity contribution in [3.63, 3.8) is 0 Å². The average molecular weight is 342 g/mol. The highest BCUT2D eigenvalue weighted by Gasteiger charge is 2.37. The average Bonchev–Trinajstić information content (AvgIpc) is 2.81. The zero-order chi connectivity index (χ0) is 18.1. The molecule has 0 spiro atoms. The third-order valence-electron chi connectivity index (χ3n) is 4.44. The summed E-state index contributed by atoms with van der Waals surface area (Å²) in [6.45, 7) is 17.6. The van der Waals surface area contributed by atoms with Crippen LogP contribution in [0.3, 0.4) is 0 Å². The fraction of sp³-hybridized carbons (Fsp3) is 0.750. The molecule has 0 atom stereocenters. The summed E-state index contributed by atoms with van der Waals surface area (Å²) in [4.78, 5) is 12.8. The van der Waals surface area contributed by atoms with Gasteiger partial charge in [0.2, 0.25) is 0 Å². The van der Waals surface area contributed by atoms with Crippen molar-refractivity contribution >= 4 is 20.2 Å². The number of hydrogen-bond donors (Lipinski definition) is 2. The van der Waals surface area contributed by atoms with Crippen LogP contribution in [0.15, 0.2) is 6.07 Å². The Labute approximate surface area is 140 Å². The number of amides is 1. The van der Waals surface area contributed by atoms with Crippen LogP contribution in [0.25, 0.3) is 0 Å². The van der Waals surface area contributed by atoms with Gasteiger partial charge < -0.3 is 9.53 Å². The van der Waals surface area contributed by atoms with Crippen LogP contribution in [0.2, 0.25) is 18.1 Å². The van der Waals surface area contributed by atoms with Crippen molar-refractivity contribution in [2.45, 2.75) is 65.1 Å². The molecule has 0 fully saturated rings. The van der Waals surface area contributed by atoms with Crippen molar-refractivity contribution < 1.29 is 14.3 Å². The minimum absolute atomic E-state index is 0.106. The van der Waals surface area contributed by atoms with Gasteiger partial charge in [-0.3, -0.25) is 10.00 Å². The van der Waals surface area contributed by atoms with E-state index in [1.54, 1.807) is 6.07 Å². The van der Waals surface area contributed by atoms with Gasteiger partial charge in [-0.25, -0.2) is 4.79 Å². The van der Waals surface area contributed by atoms with Crippen LogP contribution in [-0.4, -0.2) is 42.9 Å². The van der Waals surface area contributed by atoms with Crippen LogP contribution < -0.4 is 4.90 Å². The fourth-order valence-corrected chi connectivity index (χ4v) is 2.80. The Bertz CT molecular complexity index is 542. The molecule has 1 aromatic heterocycles. The van der Waals surface area contributed by atoms with Crippen LogP contribution in [0, 0.1) is 0 Å². The molecule has 0 radical (unpaired) electrons. The SMILES string of the molecule is CC(C)(C)c1cc(N(CCO[Si](C)(C)C(C)(C)C)C(=O)O)[nH]n1. The number of aromatic amines is 1. The molecular weight excluding hydrogens is 310 g/mol. The van der Waals surface area contributed by atoms with E-state index >= 15 is 0 Å². The highest BCUT2D eigenvalue weighted by atomic mass is 28.4. The summed E-state index contributed by atoms with van der Waals surface area (Å²) >= 11 is 0. The number of aromatic nitrogens is 2. The quantitative estimate of drug-likeness (QED) is 0.786. The third-order valence-corrected chi connectivity index (χ3v) is 8.98. The molecule has 0 aliphatic carbocycles. The first-order chi connectivity index (χ1) is 10.3. The van der Waals surface area contributed by atoms with Crippen LogP contribution in [0.5, 0.6) is 0 Å². The van der Waals surface area contributed by atoms with E-state index in [1.165, 1.54) is 4.90 Å². The van der Waals surface area contributed by atoms with Gasteiger partial charge in [-0.1, -0.05) is 41.5 Å². The van der Waals surface area contributed by atoms with E-state index in [9.17, 15) is 9.90 Å². The van der Waals surface area contributed by atoms with Crippen molar-refractivity contribution in [3.8, 4) is 0 Å². The number of H-pyrrole nitrogens is 1. The molecule has 1 aromatic rings. The summed E-state index contributed by atoms with van der Waals surface area (Å²) in [5.74, 6) is 0.487. The maximum Gasteiger partial charge on any atom is 0.413 e.